The van der Waals surface area contributed by atoms with Crippen LogP contribution in [0, 0.1) is 5.82 Å². The molecule has 3 rings (SSSR count). The highest BCUT2D eigenvalue weighted by Crippen LogP contribution is 2.19. The number of H-pyrrole nitrogens is 1. The fourth-order valence-corrected chi connectivity index (χ4v) is 2.89. The Kier molecular flexibility index (Phi) is 9.94. The van der Waals surface area contributed by atoms with E-state index in [2.05, 4.69) is 15.3 Å². The maximum atomic E-state index is 14.1. The molecule has 37 heavy (non-hydrogen) atoms. The van der Waals surface area contributed by atoms with Crippen molar-refractivity contribution < 1.29 is 51.6 Å². The molecule has 10 nitrogen and oxygen atoms in total. The van der Waals surface area contributed by atoms with Gasteiger partial charge in [0.25, 0.3) is 0 Å². The topological polar surface area (TPSA) is 151 Å². The van der Waals surface area contributed by atoms with Gasteiger partial charge in [0, 0.05) is 12.1 Å². The van der Waals surface area contributed by atoms with Crippen molar-refractivity contribution in [2.24, 2.45) is 0 Å². The van der Waals surface area contributed by atoms with E-state index in [0.29, 0.717) is 5.82 Å². The maximum absolute atomic E-state index is 14.1. The second-order valence-corrected chi connectivity index (χ2v) is 7.73. The van der Waals surface area contributed by atoms with E-state index in [9.17, 15) is 32.3 Å². The van der Waals surface area contributed by atoms with Gasteiger partial charge in [0.05, 0.1) is 17.1 Å². The van der Waals surface area contributed by atoms with Crippen molar-refractivity contribution >= 4 is 34.8 Å². The molecule has 0 aliphatic heterocycles. The Labute approximate surface area is 207 Å². The molecule has 200 valence electrons. The van der Waals surface area contributed by atoms with Gasteiger partial charge in [-0.3, -0.25) is 5.32 Å². The Morgan fingerprint density at radius 2 is 1.76 bits per heavy atom. The molecule has 0 saturated carbocycles. The number of alkyl halides is 3. The van der Waals surface area contributed by atoms with Gasteiger partial charge in [0.2, 0.25) is 0 Å². The number of carboxylic acid groups (broad SMARTS) is 2. The molecule has 0 radical (unpaired) electrons. The molecule has 1 heterocycles. The molecule has 0 spiro atoms. The van der Waals surface area contributed by atoms with Crippen molar-refractivity contribution in [1.29, 1.82) is 0 Å². The van der Waals surface area contributed by atoms with Crippen LogP contribution in [0.15, 0.2) is 42.5 Å². The van der Waals surface area contributed by atoms with Gasteiger partial charge in [-0.15, -0.1) is 0 Å². The number of imidazole rings is 1. The van der Waals surface area contributed by atoms with Crippen molar-refractivity contribution in [3.8, 4) is 0 Å². The van der Waals surface area contributed by atoms with E-state index in [0.717, 1.165) is 17.1 Å². The van der Waals surface area contributed by atoms with E-state index in [4.69, 9.17) is 19.4 Å². The van der Waals surface area contributed by atoms with Crippen LogP contribution in [0.5, 0.6) is 0 Å². The number of carbonyl (C=O) groups is 3. The Hall–Kier alpha value is -4.20. The third kappa shape index (κ3) is 9.40. The Morgan fingerprint density at radius 1 is 1.11 bits per heavy atom. The molecule has 0 aliphatic rings. The van der Waals surface area contributed by atoms with Crippen LogP contribution in [0.4, 0.5) is 28.0 Å². The zero-order chi connectivity index (χ0) is 27.8. The first kappa shape index (κ1) is 29.0. The number of ether oxygens (including phenoxy) is 2. The zero-order valence-electron chi connectivity index (χ0n) is 19.5. The normalized spacial score (nSPS) is 12.0. The van der Waals surface area contributed by atoms with Crippen molar-refractivity contribution in [1.82, 2.24) is 9.97 Å². The SMILES string of the molecule is CC(C)OC(Cc1cc(NC(=O)OCc2nc3ccccc3[nH]2)ccc1F)C(=O)O.O=C(O)C(F)(F)F. The van der Waals surface area contributed by atoms with Crippen LogP contribution in [-0.2, 0) is 32.1 Å². The first-order valence-corrected chi connectivity index (χ1v) is 10.6. The molecule has 4 N–H and O–H groups in total. The predicted octanol–water partition coefficient (Wildman–Crippen LogP) is 4.50. The quantitative estimate of drug-likeness (QED) is 0.311. The second-order valence-electron chi connectivity index (χ2n) is 7.73. The fourth-order valence-electron chi connectivity index (χ4n) is 2.89. The van der Waals surface area contributed by atoms with Crippen molar-refractivity contribution in [3.63, 3.8) is 0 Å². The number of amides is 1. The van der Waals surface area contributed by atoms with E-state index < -0.39 is 36.1 Å². The average Bonchev–Trinajstić information content (AvgIpc) is 3.22. The Balaban J connectivity index is 0.000000604. The number of nitrogens with one attached hydrogen (secondary N) is 2. The molecule has 1 amide bonds. The number of halogens is 4. The number of nitrogens with zero attached hydrogens (tertiary/aromatic N) is 1. The highest BCUT2D eigenvalue weighted by atomic mass is 19.4. The molecule has 0 bridgehead atoms. The average molecular weight is 529 g/mol. The highest BCUT2D eigenvalue weighted by molar-refractivity contribution is 5.84. The van der Waals surface area contributed by atoms with E-state index in [1.165, 1.54) is 12.1 Å². The number of rotatable bonds is 8. The van der Waals surface area contributed by atoms with Crippen LogP contribution in [-0.4, -0.2) is 56.6 Å². The second kappa shape index (κ2) is 12.7. The summed E-state index contributed by atoms with van der Waals surface area (Å²) in [5, 5.41) is 18.9. The summed E-state index contributed by atoms with van der Waals surface area (Å²) in [6, 6.07) is 11.3. The van der Waals surface area contributed by atoms with E-state index in [1.807, 2.05) is 24.3 Å². The highest BCUT2D eigenvalue weighted by Gasteiger charge is 2.38. The van der Waals surface area contributed by atoms with Crippen LogP contribution in [0.1, 0.15) is 25.2 Å². The largest absolute Gasteiger partial charge is 0.490 e. The third-order valence-corrected chi connectivity index (χ3v) is 4.43. The van der Waals surface area contributed by atoms with E-state index in [1.54, 1.807) is 13.8 Å². The summed E-state index contributed by atoms with van der Waals surface area (Å²) < 4.78 is 56.3. The van der Waals surface area contributed by atoms with Gasteiger partial charge in [-0.2, -0.15) is 13.2 Å². The van der Waals surface area contributed by atoms with Gasteiger partial charge in [-0.1, -0.05) is 12.1 Å². The summed E-state index contributed by atoms with van der Waals surface area (Å²) in [7, 11) is 0. The summed E-state index contributed by atoms with van der Waals surface area (Å²) in [6.07, 6.45) is -7.54. The number of aromatic nitrogens is 2. The summed E-state index contributed by atoms with van der Waals surface area (Å²) >= 11 is 0. The van der Waals surface area contributed by atoms with Gasteiger partial charge in [0.1, 0.15) is 11.6 Å². The van der Waals surface area contributed by atoms with Crippen LogP contribution in [0.3, 0.4) is 0 Å². The smallest absolute Gasteiger partial charge is 0.479 e. The molecule has 14 heteroatoms. The van der Waals surface area contributed by atoms with Crippen LogP contribution >= 0.6 is 0 Å². The molecule has 1 atom stereocenters. The summed E-state index contributed by atoms with van der Waals surface area (Å²) in [6.45, 7) is 3.32. The third-order valence-electron chi connectivity index (χ3n) is 4.43. The van der Waals surface area contributed by atoms with Gasteiger partial charge >= 0.3 is 24.2 Å². The number of carbonyl (C=O) groups excluding carboxylic acids is 1. The standard InChI is InChI=1S/C21H22FN3O5.C2HF3O2/c1-12(2)30-18(20(26)27)10-13-9-14(7-8-15(13)22)23-21(28)29-11-19-24-16-5-3-4-6-17(16)25-19;3-2(4,5)1(6)7/h3-9,12,18H,10-11H2,1-2H3,(H,23,28)(H,24,25)(H,26,27);(H,6,7). The van der Waals surface area contributed by atoms with Crippen molar-refractivity contribution in [3.05, 3.63) is 59.7 Å². The lowest BCUT2D eigenvalue weighted by atomic mass is 10.1. The number of benzene rings is 2. The number of aliphatic carboxylic acids is 2. The number of fused-ring (bicyclic) bond motifs is 1. The van der Waals surface area contributed by atoms with Crippen LogP contribution in [0.2, 0.25) is 0 Å². The number of aromatic amines is 1. The minimum absolute atomic E-state index is 0.0715. The molecule has 0 saturated heterocycles. The summed E-state index contributed by atoms with van der Waals surface area (Å²) in [4.78, 5) is 39.7. The van der Waals surface area contributed by atoms with Gasteiger partial charge in [0.15, 0.2) is 12.7 Å². The number of anilines is 1. The maximum Gasteiger partial charge on any atom is 0.490 e. The molecular weight excluding hydrogens is 506 g/mol. The fraction of sp³-hybridized carbons (Fsp3) is 0.304. The summed E-state index contributed by atoms with van der Waals surface area (Å²) in [5.41, 5.74) is 1.97. The van der Waals surface area contributed by atoms with Gasteiger partial charge in [-0.25, -0.2) is 23.8 Å². The lowest BCUT2D eigenvalue weighted by molar-refractivity contribution is -0.192. The minimum atomic E-state index is -5.08. The molecule has 1 aromatic heterocycles. The van der Waals surface area contributed by atoms with Crippen molar-refractivity contribution in [2.45, 2.75) is 45.3 Å². The van der Waals surface area contributed by atoms with Crippen molar-refractivity contribution in [2.75, 3.05) is 5.32 Å². The lowest BCUT2D eigenvalue weighted by Gasteiger charge is -2.17. The predicted molar refractivity (Wildman–Crippen MR) is 121 cm³/mol. The molecule has 3 aromatic rings. The zero-order valence-corrected chi connectivity index (χ0v) is 19.5. The lowest BCUT2D eigenvalue weighted by Crippen LogP contribution is -2.29. The molecule has 2 aromatic carbocycles. The van der Waals surface area contributed by atoms with E-state index in [-0.39, 0.29) is 30.4 Å². The molecule has 0 fully saturated rings. The summed E-state index contributed by atoms with van der Waals surface area (Å²) in [5.74, 6) is -4.05. The Morgan fingerprint density at radius 3 is 2.32 bits per heavy atom. The van der Waals surface area contributed by atoms with Crippen LogP contribution in [0.25, 0.3) is 11.0 Å². The first-order valence-electron chi connectivity index (χ1n) is 10.6. The molecule has 0 aliphatic carbocycles. The van der Waals surface area contributed by atoms with Gasteiger partial charge < -0.3 is 24.7 Å². The van der Waals surface area contributed by atoms with Crippen LogP contribution < -0.4 is 5.32 Å². The number of hydrogen-bond donors (Lipinski definition) is 4. The monoisotopic (exact) mass is 529 g/mol. The number of para-hydroxylation sites is 2. The first-order chi connectivity index (χ1) is 17.3. The minimum Gasteiger partial charge on any atom is -0.479 e. The number of hydrogen-bond acceptors (Lipinski definition) is 6. The number of carboxylic acids is 2. The molecule has 1 unspecified atom stereocenters. The van der Waals surface area contributed by atoms with E-state index >= 15 is 0 Å². The Bertz CT molecular complexity index is 1210. The molecular formula is C23H23F4N3O7. The van der Waals surface area contributed by atoms with Gasteiger partial charge in [-0.05, 0) is 49.7 Å².